The lowest BCUT2D eigenvalue weighted by Gasteiger charge is -2.15. The Morgan fingerprint density at radius 3 is 2.42 bits per heavy atom. The van der Waals surface area contributed by atoms with E-state index in [9.17, 15) is 0 Å². The Labute approximate surface area is 118 Å². The van der Waals surface area contributed by atoms with Crippen LogP contribution in [0.5, 0.6) is 5.75 Å². The molecule has 0 bridgehead atoms. The Hall–Kier alpha value is -1.02. The Bertz CT molecular complexity index is 321. The van der Waals surface area contributed by atoms with Crippen LogP contribution < -0.4 is 10.1 Å². The first-order valence-corrected chi connectivity index (χ1v) is 7.72. The van der Waals surface area contributed by atoms with Gasteiger partial charge >= 0.3 is 0 Å². The average molecular weight is 263 g/mol. The SMILES string of the molecule is CCCNCCCC(C)Oc1ccc(CCC)cc1. The van der Waals surface area contributed by atoms with Crippen molar-refractivity contribution in [1.82, 2.24) is 5.32 Å². The second kappa shape index (κ2) is 9.85. The largest absolute Gasteiger partial charge is 0.491 e. The van der Waals surface area contributed by atoms with Crippen molar-refractivity contribution in [3.8, 4) is 5.75 Å². The van der Waals surface area contributed by atoms with Crippen LogP contribution >= 0.6 is 0 Å². The average Bonchev–Trinajstić information content (AvgIpc) is 2.41. The molecule has 2 heteroatoms. The molecule has 1 aromatic rings. The monoisotopic (exact) mass is 263 g/mol. The third-order valence-corrected chi connectivity index (χ3v) is 3.19. The smallest absolute Gasteiger partial charge is 0.119 e. The van der Waals surface area contributed by atoms with E-state index < -0.39 is 0 Å². The fourth-order valence-electron chi connectivity index (χ4n) is 2.13. The Balaban J connectivity index is 2.22. The van der Waals surface area contributed by atoms with Gasteiger partial charge in [-0.15, -0.1) is 0 Å². The normalized spacial score (nSPS) is 12.4. The Morgan fingerprint density at radius 2 is 1.79 bits per heavy atom. The molecule has 0 saturated carbocycles. The van der Waals surface area contributed by atoms with Crippen molar-refractivity contribution in [2.45, 2.75) is 59.0 Å². The molecule has 1 rings (SSSR count). The molecular weight excluding hydrogens is 234 g/mol. The van der Waals surface area contributed by atoms with E-state index in [2.05, 4.69) is 50.4 Å². The number of hydrogen-bond donors (Lipinski definition) is 1. The molecule has 108 valence electrons. The van der Waals surface area contributed by atoms with Crippen LogP contribution in [-0.4, -0.2) is 19.2 Å². The van der Waals surface area contributed by atoms with Crippen molar-refractivity contribution in [1.29, 1.82) is 0 Å². The van der Waals surface area contributed by atoms with Gasteiger partial charge in [0.2, 0.25) is 0 Å². The molecule has 0 spiro atoms. The van der Waals surface area contributed by atoms with Crippen LogP contribution in [0, 0.1) is 0 Å². The summed E-state index contributed by atoms with van der Waals surface area (Å²) in [6.45, 7) is 8.77. The van der Waals surface area contributed by atoms with Crippen LogP contribution in [0.4, 0.5) is 0 Å². The Morgan fingerprint density at radius 1 is 1.05 bits per heavy atom. The number of ether oxygens (including phenoxy) is 1. The molecule has 0 heterocycles. The van der Waals surface area contributed by atoms with E-state index in [1.807, 2.05) is 0 Å². The fourth-order valence-corrected chi connectivity index (χ4v) is 2.13. The van der Waals surface area contributed by atoms with Gasteiger partial charge in [0.1, 0.15) is 5.75 Å². The minimum absolute atomic E-state index is 0.292. The second-order valence-electron chi connectivity index (χ2n) is 5.21. The molecule has 0 fully saturated rings. The molecule has 0 aliphatic carbocycles. The molecule has 0 aliphatic heterocycles. The molecule has 19 heavy (non-hydrogen) atoms. The van der Waals surface area contributed by atoms with Crippen LogP contribution in [0.25, 0.3) is 0 Å². The molecule has 0 aromatic heterocycles. The zero-order valence-electron chi connectivity index (χ0n) is 12.7. The maximum atomic E-state index is 5.93. The minimum atomic E-state index is 0.292. The summed E-state index contributed by atoms with van der Waals surface area (Å²) in [6.07, 6.45) is 6.12. The first-order chi connectivity index (χ1) is 9.26. The summed E-state index contributed by atoms with van der Waals surface area (Å²) in [5.74, 6) is 0.994. The maximum Gasteiger partial charge on any atom is 0.119 e. The second-order valence-corrected chi connectivity index (χ2v) is 5.21. The highest BCUT2D eigenvalue weighted by molar-refractivity contribution is 5.27. The zero-order valence-corrected chi connectivity index (χ0v) is 12.7. The van der Waals surface area contributed by atoms with Crippen molar-refractivity contribution in [2.75, 3.05) is 13.1 Å². The molecule has 1 atom stereocenters. The lowest BCUT2D eigenvalue weighted by atomic mass is 10.1. The molecular formula is C17H29NO. The van der Waals surface area contributed by atoms with Gasteiger partial charge in [0.25, 0.3) is 0 Å². The van der Waals surface area contributed by atoms with E-state index in [-0.39, 0.29) is 0 Å². The summed E-state index contributed by atoms with van der Waals surface area (Å²) >= 11 is 0. The van der Waals surface area contributed by atoms with Crippen LogP contribution in [0.1, 0.15) is 52.0 Å². The van der Waals surface area contributed by atoms with Gasteiger partial charge in [0, 0.05) is 0 Å². The third kappa shape index (κ3) is 7.22. The van der Waals surface area contributed by atoms with Gasteiger partial charge in [-0.05, 0) is 63.4 Å². The first-order valence-electron chi connectivity index (χ1n) is 7.72. The van der Waals surface area contributed by atoms with Crippen LogP contribution in [0.3, 0.4) is 0 Å². The van der Waals surface area contributed by atoms with E-state index in [0.717, 1.165) is 31.7 Å². The molecule has 2 nitrogen and oxygen atoms in total. The molecule has 0 aliphatic rings. The topological polar surface area (TPSA) is 21.3 Å². The van der Waals surface area contributed by atoms with Gasteiger partial charge in [0.05, 0.1) is 6.10 Å². The number of rotatable bonds is 10. The number of aryl methyl sites for hydroxylation is 1. The quantitative estimate of drug-likeness (QED) is 0.639. The highest BCUT2D eigenvalue weighted by Crippen LogP contribution is 2.16. The highest BCUT2D eigenvalue weighted by atomic mass is 16.5. The molecule has 1 unspecified atom stereocenters. The minimum Gasteiger partial charge on any atom is -0.491 e. The summed E-state index contributed by atoms with van der Waals surface area (Å²) in [6, 6.07) is 8.54. The number of nitrogens with one attached hydrogen (secondary N) is 1. The van der Waals surface area contributed by atoms with Gasteiger partial charge in [-0.25, -0.2) is 0 Å². The van der Waals surface area contributed by atoms with Crippen LogP contribution in [0.15, 0.2) is 24.3 Å². The number of hydrogen-bond acceptors (Lipinski definition) is 2. The lowest BCUT2D eigenvalue weighted by Crippen LogP contribution is -2.19. The van der Waals surface area contributed by atoms with Crippen molar-refractivity contribution >= 4 is 0 Å². The molecule has 0 saturated heterocycles. The van der Waals surface area contributed by atoms with Crippen molar-refractivity contribution < 1.29 is 4.74 Å². The van der Waals surface area contributed by atoms with Gasteiger partial charge in [-0.3, -0.25) is 0 Å². The van der Waals surface area contributed by atoms with E-state index in [1.54, 1.807) is 0 Å². The summed E-state index contributed by atoms with van der Waals surface area (Å²) in [5.41, 5.74) is 1.39. The highest BCUT2D eigenvalue weighted by Gasteiger charge is 2.03. The first kappa shape index (κ1) is 16.0. The fraction of sp³-hybridized carbons (Fsp3) is 0.647. The van der Waals surface area contributed by atoms with Gasteiger partial charge in [0.15, 0.2) is 0 Å². The summed E-state index contributed by atoms with van der Waals surface area (Å²) in [7, 11) is 0. The van der Waals surface area contributed by atoms with Gasteiger partial charge in [-0.2, -0.15) is 0 Å². The molecule has 0 amide bonds. The van der Waals surface area contributed by atoms with Crippen LogP contribution in [0.2, 0.25) is 0 Å². The van der Waals surface area contributed by atoms with E-state index in [4.69, 9.17) is 4.74 Å². The zero-order chi connectivity index (χ0) is 13.9. The standard InChI is InChI=1S/C17H29NO/c1-4-7-16-9-11-17(12-10-16)19-15(3)8-6-14-18-13-5-2/h9-12,15,18H,4-8,13-14H2,1-3H3. The predicted octanol–water partition coefficient (Wildman–Crippen LogP) is 4.19. The third-order valence-electron chi connectivity index (χ3n) is 3.19. The Kier molecular flexibility index (Phi) is 8.31. The van der Waals surface area contributed by atoms with Gasteiger partial charge < -0.3 is 10.1 Å². The summed E-state index contributed by atoms with van der Waals surface area (Å²) in [4.78, 5) is 0. The lowest BCUT2D eigenvalue weighted by molar-refractivity contribution is 0.207. The summed E-state index contributed by atoms with van der Waals surface area (Å²) in [5, 5.41) is 3.42. The van der Waals surface area contributed by atoms with Gasteiger partial charge in [-0.1, -0.05) is 32.4 Å². The van der Waals surface area contributed by atoms with Crippen molar-refractivity contribution in [2.24, 2.45) is 0 Å². The summed E-state index contributed by atoms with van der Waals surface area (Å²) < 4.78 is 5.93. The number of benzene rings is 1. The molecule has 1 aromatic carbocycles. The van der Waals surface area contributed by atoms with Crippen LogP contribution in [-0.2, 0) is 6.42 Å². The van der Waals surface area contributed by atoms with E-state index in [0.29, 0.717) is 6.10 Å². The van der Waals surface area contributed by atoms with Crippen molar-refractivity contribution in [3.63, 3.8) is 0 Å². The molecule has 1 N–H and O–H groups in total. The predicted molar refractivity (Wildman–Crippen MR) is 82.9 cm³/mol. The van der Waals surface area contributed by atoms with E-state index in [1.165, 1.54) is 24.8 Å². The van der Waals surface area contributed by atoms with Crippen molar-refractivity contribution in [3.05, 3.63) is 29.8 Å². The van der Waals surface area contributed by atoms with E-state index >= 15 is 0 Å². The molecule has 0 radical (unpaired) electrons. The maximum absolute atomic E-state index is 5.93.